The highest BCUT2D eigenvalue weighted by molar-refractivity contribution is 7.85. The molecular formula is C29H37NO7S. The van der Waals surface area contributed by atoms with Crippen LogP contribution in [-0.4, -0.2) is 53.3 Å². The first-order valence-corrected chi connectivity index (χ1v) is 13.7. The van der Waals surface area contributed by atoms with Gasteiger partial charge in [-0.15, -0.1) is 0 Å². The topological polar surface area (TPSA) is 147 Å². The minimum atomic E-state index is -4.02. The summed E-state index contributed by atoms with van der Waals surface area (Å²) in [7, 11) is -4.02. The molecule has 5 N–H and O–H groups in total. The van der Waals surface area contributed by atoms with Gasteiger partial charge in [0, 0.05) is 16.7 Å². The van der Waals surface area contributed by atoms with E-state index in [4.69, 9.17) is 15.0 Å². The molecule has 0 saturated carbocycles. The Kier molecular flexibility index (Phi) is 11.6. The van der Waals surface area contributed by atoms with Crippen LogP contribution in [0.1, 0.15) is 54.6 Å². The number of ether oxygens (including phenoxy) is 1. The maximum Gasteiger partial charge on any atom is 0.294 e. The van der Waals surface area contributed by atoms with Gasteiger partial charge in [-0.3, -0.25) is 9.35 Å². The Morgan fingerprint density at radius 1 is 0.868 bits per heavy atom. The number of hydrogen-bond donors (Lipinski definition) is 4. The number of aryl methyl sites for hydroxylation is 1. The molecule has 38 heavy (non-hydrogen) atoms. The Bertz CT molecular complexity index is 1230. The number of hydrogen-bond acceptors (Lipinski definition) is 7. The van der Waals surface area contributed by atoms with E-state index in [1.807, 2.05) is 25.1 Å². The molecule has 206 valence electrons. The summed E-state index contributed by atoms with van der Waals surface area (Å²) >= 11 is 0. The van der Waals surface area contributed by atoms with Crippen LogP contribution >= 0.6 is 0 Å². The summed E-state index contributed by atoms with van der Waals surface area (Å²) in [5.41, 5.74) is 7.86. The fourth-order valence-corrected chi connectivity index (χ4v) is 4.49. The van der Waals surface area contributed by atoms with Crippen LogP contribution in [0.15, 0.2) is 83.8 Å². The third-order valence-electron chi connectivity index (χ3n) is 5.74. The van der Waals surface area contributed by atoms with E-state index in [-0.39, 0.29) is 10.7 Å². The first-order valence-electron chi connectivity index (χ1n) is 12.3. The Hall–Kier alpha value is -3.08. The zero-order valence-electron chi connectivity index (χ0n) is 21.9. The van der Waals surface area contributed by atoms with E-state index in [0.717, 1.165) is 5.56 Å². The minimum absolute atomic E-state index is 0.0306. The SMILES string of the molecule is CC(O)CC(N)(CCOc1ccc(C(=O)c2ccccc2)cc1)CC(C)O.Cc1ccc(S(=O)(=O)O)cc1. The molecule has 2 unspecified atom stereocenters. The van der Waals surface area contributed by atoms with Crippen molar-refractivity contribution in [3.63, 3.8) is 0 Å². The van der Waals surface area contributed by atoms with E-state index in [1.165, 1.54) is 12.1 Å². The molecule has 3 aromatic carbocycles. The summed E-state index contributed by atoms with van der Waals surface area (Å²) in [6.07, 6.45) is 0.208. The van der Waals surface area contributed by atoms with E-state index < -0.39 is 27.9 Å². The largest absolute Gasteiger partial charge is 0.494 e. The standard InChI is InChI=1S/C22H29NO4.C7H8O3S/c1-16(24)14-22(23,15-17(2)25)12-13-27-20-10-8-19(9-11-20)21(26)18-6-4-3-5-7-18;1-6-2-4-7(5-3-6)11(8,9)10/h3-11,16-17,24-25H,12-15,23H2,1-2H3;2-5H,1H3,(H,8,9,10). The van der Waals surface area contributed by atoms with Gasteiger partial charge in [-0.1, -0.05) is 48.0 Å². The van der Waals surface area contributed by atoms with Gasteiger partial charge in [0.1, 0.15) is 5.75 Å². The van der Waals surface area contributed by atoms with Crippen molar-refractivity contribution in [2.24, 2.45) is 5.73 Å². The summed E-state index contributed by atoms with van der Waals surface area (Å²) in [4.78, 5) is 12.3. The predicted molar refractivity (Wildman–Crippen MR) is 147 cm³/mol. The maximum atomic E-state index is 12.4. The van der Waals surface area contributed by atoms with Crippen LogP contribution in [-0.2, 0) is 10.1 Å². The molecular weight excluding hydrogens is 506 g/mol. The molecule has 0 heterocycles. The van der Waals surface area contributed by atoms with Gasteiger partial charge in [-0.2, -0.15) is 8.42 Å². The molecule has 8 nitrogen and oxygen atoms in total. The number of aliphatic hydroxyl groups excluding tert-OH is 2. The molecule has 0 saturated heterocycles. The lowest BCUT2D eigenvalue weighted by Crippen LogP contribution is -2.46. The van der Waals surface area contributed by atoms with Gasteiger partial charge in [0.2, 0.25) is 0 Å². The number of benzene rings is 3. The van der Waals surface area contributed by atoms with Gasteiger partial charge in [-0.05, 0) is 76.4 Å². The van der Waals surface area contributed by atoms with E-state index in [2.05, 4.69) is 0 Å². The van der Waals surface area contributed by atoms with Gasteiger partial charge in [0.15, 0.2) is 5.78 Å². The molecule has 0 fully saturated rings. The van der Waals surface area contributed by atoms with Gasteiger partial charge in [0.25, 0.3) is 10.1 Å². The highest BCUT2D eigenvalue weighted by Gasteiger charge is 2.28. The summed E-state index contributed by atoms with van der Waals surface area (Å²) in [6.45, 7) is 5.58. The number of aliphatic hydroxyl groups is 2. The third kappa shape index (κ3) is 10.7. The van der Waals surface area contributed by atoms with Crippen LogP contribution in [0, 0.1) is 6.92 Å². The van der Waals surface area contributed by atoms with Crippen molar-refractivity contribution in [1.29, 1.82) is 0 Å². The normalized spacial score (nSPS) is 14.4. The van der Waals surface area contributed by atoms with Crippen LogP contribution in [0.4, 0.5) is 0 Å². The van der Waals surface area contributed by atoms with E-state index in [0.29, 0.717) is 42.7 Å². The van der Waals surface area contributed by atoms with E-state index >= 15 is 0 Å². The first-order chi connectivity index (χ1) is 17.8. The van der Waals surface area contributed by atoms with Crippen LogP contribution in [0.3, 0.4) is 0 Å². The average Bonchev–Trinajstić information content (AvgIpc) is 2.83. The summed E-state index contributed by atoms with van der Waals surface area (Å²) in [6, 6.07) is 22.1. The Morgan fingerprint density at radius 2 is 1.37 bits per heavy atom. The van der Waals surface area contributed by atoms with Crippen LogP contribution in [0.5, 0.6) is 5.75 Å². The fraction of sp³-hybridized carbons (Fsp3) is 0.345. The highest BCUT2D eigenvalue weighted by atomic mass is 32.2. The molecule has 3 rings (SSSR count). The van der Waals surface area contributed by atoms with E-state index in [9.17, 15) is 23.4 Å². The monoisotopic (exact) mass is 543 g/mol. The van der Waals surface area contributed by atoms with Gasteiger partial charge in [0.05, 0.1) is 23.7 Å². The molecule has 0 aliphatic heterocycles. The molecule has 0 aromatic heterocycles. The van der Waals surface area contributed by atoms with Crippen LogP contribution in [0.25, 0.3) is 0 Å². The third-order valence-corrected chi connectivity index (χ3v) is 6.61. The summed E-state index contributed by atoms with van der Waals surface area (Å²) in [5.74, 6) is 0.619. The van der Waals surface area contributed by atoms with Crippen molar-refractivity contribution in [3.8, 4) is 5.75 Å². The second kappa shape index (κ2) is 14.2. The Morgan fingerprint density at radius 3 is 1.84 bits per heavy atom. The predicted octanol–water partition coefficient (Wildman–Crippen LogP) is 4.17. The molecule has 0 amide bonds. The van der Waals surface area contributed by atoms with Crippen molar-refractivity contribution in [2.45, 2.75) is 62.7 Å². The first kappa shape index (κ1) is 31.1. The van der Waals surface area contributed by atoms with Crippen molar-refractivity contribution in [2.75, 3.05) is 6.61 Å². The molecule has 0 spiro atoms. The second-order valence-electron chi connectivity index (χ2n) is 9.57. The average molecular weight is 544 g/mol. The number of carbonyl (C=O) groups is 1. The lowest BCUT2D eigenvalue weighted by Gasteiger charge is -2.32. The van der Waals surface area contributed by atoms with Crippen molar-refractivity contribution >= 4 is 15.9 Å². The molecule has 0 aliphatic carbocycles. The number of ketones is 1. The van der Waals surface area contributed by atoms with Crippen molar-refractivity contribution in [1.82, 2.24) is 0 Å². The summed E-state index contributed by atoms with van der Waals surface area (Å²) < 4.78 is 35.3. The van der Waals surface area contributed by atoms with Gasteiger partial charge >= 0.3 is 0 Å². The highest BCUT2D eigenvalue weighted by Crippen LogP contribution is 2.22. The molecule has 0 radical (unpaired) electrons. The lowest BCUT2D eigenvalue weighted by atomic mass is 9.85. The zero-order valence-corrected chi connectivity index (χ0v) is 22.8. The Labute approximate surface area is 224 Å². The van der Waals surface area contributed by atoms with Gasteiger partial charge in [-0.25, -0.2) is 0 Å². The smallest absolute Gasteiger partial charge is 0.294 e. The quantitative estimate of drug-likeness (QED) is 0.208. The lowest BCUT2D eigenvalue weighted by molar-refractivity contribution is 0.0917. The molecule has 3 aromatic rings. The van der Waals surface area contributed by atoms with Crippen LogP contribution in [0.2, 0.25) is 0 Å². The zero-order chi connectivity index (χ0) is 28.3. The molecule has 9 heteroatoms. The molecule has 2 atom stereocenters. The van der Waals surface area contributed by atoms with Crippen molar-refractivity contribution in [3.05, 3.63) is 95.6 Å². The Balaban J connectivity index is 0.000000384. The summed E-state index contributed by atoms with van der Waals surface area (Å²) in [5, 5.41) is 19.3. The molecule has 0 bridgehead atoms. The fourth-order valence-electron chi connectivity index (χ4n) is 4.01. The van der Waals surface area contributed by atoms with Crippen molar-refractivity contribution < 1.29 is 32.7 Å². The molecule has 0 aliphatic rings. The number of nitrogens with two attached hydrogens (primary N) is 1. The van der Waals surface area contributed by atoms with Gasteiger partial charge < -0.3 is 20.7 Å². The second-order valence-corrected chi connectivity index (χ2v) is 11.0. The number of rotatable bonds is 11. The maximum absolute atomic E-state index is 12.4. The minimum Gasteiger partial charge on any atom is -0.494 e. The number of carbonyl (C=O) groups excluding carboxylic acids is 1. The van der Waals surface area contributed by atoms with E-state index in [1.54, 1.807) is 62.4 Å². The van der Waals surface area contributed by atoms with Crippen LogP contribution < -0.4 is 10.5 Å².